The van der Waals surface area contributed by atoms with Crippen molar-refractivity contribution in [1.29, 1.82) is 0 Å². The van der Waals surface area contributed by atoms with Crippen LogP contribution in [0.25, 0.3) is 0 Å². The molecule has 132 valence electrons. The minimum atomic E-state index is -0.0966. The summed E-state index contributed by atoms with van der Waals surface area (Å²) in [7, 11) is 0. The molecule has 7 nitrogen and oxygen atoms in total. The zero-order chi connectivity index (χ0) is 17.4. The van der Waals surface area contributed by atoms with E-state index >= 15 is 0 Å². The first-order valence-corrected chi connectivity index (χ1v) is 9.49. The SMILES string of the molecule is Cc1cnn(CC(=O)N2C[C@@H]3CC[C@H](C2)N(Cc2cscn2)C3=O)c1. The Balaban J connectivity index is 1.48. The van der Waals surface area contributed by atoms with Crippen LogP contribution in [0.15, 0.2) is 23.3 Å². The molecule has 5 rings (SSSR count). The minimum absolute atomic E-state index is 0.0308. The summed E-state index contributed by atoms with van der Waals surface area (Å²) in [5.41, 5.74) is 3.75. The second-order valence-electron chi connectivity index (χ2n) is 6.89. The first-order valence-electron chi connectivity index (χ1n) is 8.54. The molecule has 5 heterocycles. The van der Waals surface area contributed by atoms with E-state index in [9.17, 15) is 9.59 Å². The van der Waals surface area contributed by atoms with Crippen LogP contribution in [-0.4, -0.2) is 55.5 Å². The zero-order valence-electron chi connectivity index (χ0n) is 14.2. The van der Waals surface area contributed by atoms with Crippen molar-refractivity contribution in [2.24, 2.45) is 5.92 Å². The molecule has 0 aliphatic carbocycles. The van der Waals surface area contributed by atoms with Gasteiger partial charge in [-0.05, 0) is 25.3 Å². The standard InChI is InChI=1S/C17H21N5O2S/c1-12-4-19-21(5-12)9-16(23)20-6-13-2-3-15(8-20)22(17(13)24)7-14-10-25-11-18-14/h4-5,10-11,13,15H,2-3,6-9H2,1H3/t13-,15+/m0/s1. The van der Waals surface area contributed by atoms with Crippen molar-refractivity contribution >= 4 is 23.2 Å². The largest absolute Gasteiger partial charge is 0.338 e. The fraction of sp³-hybridized carbons (Fsp3) is 0.529. The van der Waals surface area contributed by atoms with Crippen LogP contribution in [0.4, 0.5) is 0 Å². The Kier molecular flexibility index (Phi) is 4.29. The van der Waals surface area contributed by atoms with E-state index in [0.29, 0.717) is 19.6 Å². The summed E-state index contributed by atoms with van der Waals surface area (Å²) in [5, 5.41) is 6.17. The summed E-state index contributed by atoms with van der Waals surface area (Å²) >= 11 is 1.54. The van der Waals surface area contributed by atoms with Gasteiger partial charge in [0.15, 0.2) is 0 Å². The molecule has 0 radical (unpaired) electrons. The molecule has 0 saturated carbocycles. The van der Waals surface area contributed by atoms with Gasteiger partial charge < -0.3 is 9.80 Å². The lowest BCUT2D eigenvalue weighted by Crippen LogP contribution is -2.47. The Morgan fingerprint density at radius 3 is 2.96 bits per heavy atom. The van der Waals surface area contributed by atoms with E-state index < -0.39 is 0 Å². The van der Waals surface area contributed by atoms with Crippen LogP contribution in [0.1, 0.15) is 24.1 Å². The van der Waals surface area contributed by atoms with E-state index in [0.717, 1.165) is 24.1 Å². The van der Waals surface area contributed by atoms with Crippen LogP contribution in [0.3, 0.4) is 0 Å². The molecule has 0 unspecified atom stereocenters. The molecule has 3 saturated heterocycles. The lowest BCUT2D eigenvalue weighted by atomic mass is 9.94. The van der Waals surface area contributed by atoms with Crippen molar-refractivity contribution in [1.82, 2.24) is 24.6 Å². The zero-order valence-corrected chi connectivity index (χ0v) is 15.0. The van der Waals surface area contributed by atoms with Gasteiger partial charge in [0.05, 0.1) is 29.9 Å². The monoisotopic (exact) mass is 359 g/mol. The van der Waals surface area contributed by atoms with E-state index in [1.54, 1.807) is 16.4 Å². The quantitative estimate of drug-likeness (QED) is 0.825. The molecule has 2 aromatic rings. The summed E-state index contributed by atoms with van der Waals surface area (Å²) in [6, 6.07) is 0.0799. The van der Waals surface area contributed by atoms with Crippen LogP contribution in [-0.2, 0) is 22.7 Å². The van der Waals surface area contributed by atoms with Crippen LogP contribution >= 0.6 is 11.3 Å². The Bertz CT molecular complexity index is 772. The molecule has 2 atom stereocenters. The molecule has 2 amide bonds. The highest BCUT2D eigenvalue weighted by molar-refractivity contribution is 7.07. The number of aryl methyl sites for hydroxylation is 1. The van der Waals surface area contributed by atoms with Crippen LogP contribution in [0.5, 0.6) is 0 Å². The molecule has 25 heavy (non-hydrogen) atoms. The molecule has 0 aromatic carbocycles. The highest BCUT2D eigenvalue weighted by Gasteiger charge is 2.41. The van der Waals surface area contributed by atoms with Gasteiger partial charge in [0.2, 0.25) is 11.8 Å². The molecule has 2 aromatic heterocycles. The molecule has 0 spiro atoms. The van der Waals surface area contributed by atoms with Crippen molar-refractivity contribution in [3.63, 3.8) is 0 Å². The van der Waals surface area contributed by atoms with Gasteiger partial charge in [-0.25, -0.2) is 4.98 Å². The summed E-state index contributed by atoms with van der Waals surface area (Å²) in [6.45, 7) is 3.85. The number of fused-ring (bicyclic) bond motifs is 4. The minimum Gasteiger partial charge on any atom is -0.338 e. The van der Waals surface area contributed by atoms with Gasteiger partial charge in [-0.3, -0.25) is 14.3 Å². The van der Waals surface area contributed by atoms with E-state index in [-0.39, 0.29) is 30.3 Å². The predicted octanol–water partition coefficient (Wildman–Crippen LogP) is 1.30. The summed E-state index contributed by atoms with van der Waals surface area (Å²) < 4.78 is 1.67. The molecule has 3 aliphatic heterocycles. The average molecular weight is 359 g/mol. The van der Waals surface area contributed by atoms with E-state index in [1.165, 1.54) is 11.3 Å². The Hall–Kier alpha value is -2.22. The molecular weight excluding hydrogens is 338 g/mol. The third kappa shape index (κ3) is 3.30. The topological polar surface area (TPSA) is 71.3 Å². The van der Waals surface area contributed by atoms with Gasteiger partial charge in [-0.15, -0.1) is 11.3 Å². The molecule has 0 N–H and O–H groups in total. The van der Waals surface area contributed by atoms with Crippen molar-refractivity contribution in [3.05, 3.63) is 34.5 Å². The van der Waals surface area contributed by atoms with Crippen molar-refractivity contribution in [3.8, 4) is 0 Å². The number of nitrogens with zero attached hydrogens (tertiary/aromatic N) is 5. The van der Waals surface area contributed by atoms with Gasteiger partial charge in [0.25, 0.3) is 0 Å². The number of carbonyl (C=O) groups is 2. The number of carbonyl (C=O) groups excluding carboxylic acids is 2. The molecule has 2 bridgehead atoms. The number of piperidine rings is 1. The first-order chi connectivity index (χ1) is 12.1. The fourth-order valence-electron chi connectivity index (χ4n) is 3.73. The van der Waals surface area contributed by atoms with Crippen LogP contribution in [0.2, 0.25) is 0 Å². The van der Waals surface area contributed by atoms with Crippen LogP contribution < -0.4 is 0 Å². The second-order valence-corrected chi connectivity index (χ2v) is 7.61. The maximum absolute atomic E-state index is 12.8. The molecule has 3 fully saturated rings. The van der Waals surface area contributed by atoms with Crippen molar-refractivity contribution in [2.45, 2.75) is 38.9 Å². The highest BCUT2D eigenvalue weighted by atomic mass is 32.1. The third-order valence-corrected chi connectivity index (χ3v) is 5.66. The predicted molar refractivity (Wildman–Crippen MR) is 92.7 cm³/mol. The summed E-state index contributed by atoms with van der Waals surface area (Å²) in [6.07, 6.45) is 5.43. The summed E-state index contributed by atoms with van der Waals surface area (Å²) in [5.74, 6) is 0.0958. The number of hydrogen-bond acceptors (Lipinski definition) is 5. The Labute approximate surface area is 150 Å². The molecule has 8 heteroatoms. The number of hydrogen-bond donors (Lipinski definition) is 0. The smallest absolute Gasteiger partial charge is 0.244 e. The lowest BCUT2D eigenvalue weighted by Gasteiger charge is -2.35. The highest BCUT2D eigenvalue weighted by Crippen LogP contribution is 2.30. The van der Waals surface area contributed by atoms with Crippen LogP contribution in [0, 0.1) is 12.8 Å². The summed E-state index contributed by atoms with van der Waals surface area (Å²) in [4.78, 5) is 33.6. The van der Waals surface area contributed by atoms with E-state index in [2.05, 4.69) is 10.1 Å². The lowest BCUT2D eigenvalue weighted by molar-refractivity contribution is -0.140. The number of rotatable bonds is 4. The maximum atomic E-state index is 12.8. The number of amides is 2. The number of thiazole rings is 1. The normalized spacial score (nSPS) is 23.2. The Morgan fingerprint density at radius 2 is 2.24 bits per heavy atom. The van der Waals surface area contributed by atoms with E-state index in [4.69, 9.17) is 0 Å². The molecular formula is C17H21N5O2S. The second kappa shape index (κ2) is 6.59. The van der Waals surface area contributed by atoms with E-state index in [1.807, 2.05) is 28.3 Å². The van der Waals surface area contributed by atoms with Gasteiger partial charge in [-0.1, -0.05) is 0 Å². The first kappa shape index (κ1) is 16.3. The van der Waals surface area contributed by atoms with Gasteiger partial charge in [-0.2, -0.15) is 5.10 Å². The fourth-order valence-corrected chi connectivity index (χ4v) is 4.28. The maximum Gasteiger partial charge on any atom is 0.244 e. The van der Waals surface area contributed by atoms with Gasteiger partial charge in [0.1, 0.15) is 6.54 Å². The van der Waals surface area contributed by atoms with Gasteiger partial charge in [0, 0.05) is 30.7 Å². The Morgan fingerprint density at radius 1 is 1.36 bits per heavy atom. The van der Waals surface area contributed by atoms with Gasteiger partial charge >= 0.3 is 0 Å². The molecule has 3 aliphatic rings. The number of aromatic nitrogens is 3. The third-order valence-electron chi connectivity index (χ3n) is 5.02. The van der Waals surface area contributed by atoms with Crippen molar-refractivity contribution < 1.29 is 9.59 Å². The van der Waals surface area contributed by atoms with Crippen molar-refractivity contribution in [2.75, 3.05) is 13.1 Å². The average Bonchev–Trinajstić information content (AvgIpc) is 3.15.